The Bertz CT molecular complexity index is 530. The molecule has 2 atom stereocenters. The summed E-state index contributed by atoms with van der Waals surface area (Å²) in [4.78, 5) is 12.0. The van der Waals surface area contributed by atoms with Crippen LogP contribution < -0.4 is 5.32 Å². The molecule has 116 valence electrons. The van der Waals surface area contributed by atoms with E-state index >= 15 is 0 Å². The summed E-state index contributed by atoms with van der Waals surface area (Å²) in [6.07, 6.45) is -3.76. The summed E-state index contributed by atoms with van der Waals surface area (Å²) >= 11 is 0. The van der Waals surface area contributed by atoms with E-state index in [0.29, 0.717) is 12.8 Å². The lowest BCUT2D eigenvalue weighted by molar-refractivity contribution is -0.185. The van der Waals surface area contributed by atoms with Gasteiger partial charge >= 0.3 is 6.18 Å². The van der Waals surface area contributed by atoms with Crippen molar-refractivity contribution in [1.29, 1.82) is 0 Å². The number of hydrogen-bond donors (Lipinski definition) is 2. The highest BCUT2D eigenvalue weighted by molar-refractivity contribution is 5.92. The molecule has 0 aromatic heterocycles. The number of carbonyl (C=O) groups is 1. The quantitative estimate of drug-likeness (QED) is 0.644. The molecule has 0 aliphatic heterocycles. The summed E-state index contributed by atoms with van der Waals surface area (Å²) in [5.74, 6) is -4.19. The molecule has 1 aromatic carbocycles. The highest BCUT2D eigenvalue weighted by Gasteiger charge is 2.43. The molecule has 0 bridgehead atoms. The minimum absolute atomic E-state index is 0.0428. The van der Waals surface area contributed by atoms with Crippen molar-refractivity contribution in [2.75, 3.05) is 5.32 Å². The fraction of sp³-hybridized carbons (Fsp3) is 0.500. The van der Waals surface area contributed by atoms with Gasteiger partial charge < -0.3 is 10.4 Å². The van der Waals surface area contributed by atoms with Gasteiger partial charge in [0.05, 0.1) is 5.92 Å². The van der Waals surface area contributed by atoms with Crippen LogP contribution in [0.5, 0.6) is 5.75 Å². The summed E-state index contributed by atoms with van der Waals surface area (Å²) in [5, 5.41) is 11.4. The third kappa shape index (κ3) is 3.86. The van der Waals surface area contributed by atoms with Crippen molar-refractivity contribution in [3.63, 3.8) is 0 Å². The predicted octanol–water partition coefficient (Wildman–Crippen LogP) is 3.84. The maximum atomic E-state index is 13.1. The van der Waals surface area contributed by atoms with Gasteiger partial charge in [-0.2, -0.15) is 13.2 Å². The number of halogens is 4. The van der Waals surface area contributed by atoms with Crippen LogP contribution in [0.3, 0.4) is 0 Å². The second-order valence-electron chi connectivity index (χ2n) is 5.26. The fourth-order valence-electron chi connectivity index (χ4n) is 2.55. The first-order valence-electron chi connectivity index (χ1n) is 6.63. The van der Waals surface area contributed by atoms with Crippen LogP contribution in [-0.4, -0.2) is 17.2 Å². The molecule has 1 aromatic rings. The van der Waals surface area contributed by atoms with Gasteiger partial charge in [-0.3, -0.25) is 4.79 Å². The Labute approximate surface area is 119 Å². The Hall–Kier alpha value is -1.79. The van der Waals surface area contributed by atoms with E-state index in [1.165, 1.54) is 6.07 Å². The lowest BCUT2D eigenvalue weighted by atomic mass is 9.80. The van der Waals surface area contributed by atoms with Crippen LogP contribution in [0.15, 0.2) is 18.2 Å². The molecule has 1 saturated carbocycles. The molecule has 0 saturated heterocycles. The van der Waals surface area contributed by atoms with Crippen LogP contribution in [0, 0.1) is 17.7 Å². The van der Waals surface area contributed by atoms with Gasteiger partial charge in [-0.15, -0.1) is 0 Å². The maximum Gasteiger partial charge on any atom is 0.391 e. The second-order valence-corrected chi connectivity index (χ2v) is 5.26. The number of phenols is 1. The minimum Gasteiger partial charge on any atom is -0.505 e. The van der Waals surface area contributed by atoms with Crippen molar-refractivity contribution in [3.05, 3.63) is 24.0 Å². The molecule has 7 heteroatoms. The van der Waals surface area contributed by atoms with Gasteiger partial charge in [0.2, 0.25) is 5.91 Å². The molecule has 1 fully saturated rings. The number of aromatic hydroxyl groups is 1. The van der Waals surface area contributed by atoms with Gasteiger partial charge in [-0.25, -0.2) is 4.39 Å². The summed E-state index contributed by atoms with van der Waals surface area (Å²) in [6.45, 7) is 0. The highest BCUT2D eigenvalue weighted by Crippen LogP contribution is 2.40. The van der Waals surface area contributed by atoms with Crippen molar-refractivity contribution in [3.8, 4) is 5.75 Å². The standard InChI is InChI=1S/C14H15F4NO2/c15-11-7-10(4-5-12(11)20)19-13(21)8-2-1-3-9(6-8)14(16,17)18/h4-5,7-9,20H,1-3,6H2,(H,19,21). The second kappa shape index (κ2) is 5.91. The Balaban J connectivity index is 2.01. The molecular weight excluding hydrogens is 290 g/mol. The van der Waals surface area contributed by atoms with Crippen LogP contribution in [0.2, 0.25) is 0 Å². The average Bonchev–Trinajstić information content (AvgIpc) is 2.42. The fourth-order valence-corrected chi connectivity index (χ4v) is 2.55. The number of nitrogens with one attached hydrogen (secondary N) is 1. The average molecular weight is 305 g/mol. The van der Waals surface area contributed by atoms with E-state index in [4.69, 9.17) is 5.11 Å². The van der Waals surface area contributed by atoms with Crippen molar-refractivity contribution >= 4 is 11.6 Å². The van der Waals surface area contributed by atoms with Crippen molar-refractivity contribution < 1.29 is 27.5 Å². The molecule has 3 nitrogen and oxygen atoms in total. The molecule has 21 heavy (non-hydrogen) atoms. The Morgan fingerprint density at radius 1 is 1.29 bits per heavy atom. The number of anilines is 1. The van der Waals surface area contributed by atoms with Gasteiger partial charge in [0, 0.05) is 17.7 Å². The van der Waals surface area contributed by atoms with E-state index in [2.05, 4.69) is 5.32 Å². The van der Waals surface area contributed by atoms with Crippen LogP contribution in [0.1, 0.15) is 25.7 Å². The van der Waals surface area contributed by atoms with Gasteiger partial charge in [-0.05, 0) is 31.4 Å². The van der Waals surface area contributed by atoms with Crippen molar-refractivity contribution in [2.45, 2.75) is 31.9 Å². The van der Waals surface area contributed by atoms with E-state index in [1.807, 2.05) is 0 Å². The van der Waals surface area contributed by atoms with Crippen LogP contribution in [0.4, 0.5) is 23.2 Å². The Morgan fingerprint density at radius 3 is 2.62 bits per heavy atom. The number of hydrogen-bond acceptors (Lipinski definition) is 2. The number of rotatable bonds is 2. The third-order valence-corrected chi connectivity index (χ3v) is 3.72. The molecule has 2 N–H and O–H groups in total. The molecule has 2 unspecified atom stereocenters. The summed E-state index contributed by atoms with van der Waals surface area (Å²) in [6, 6.07) is 3.29. The first-order chi connectivity index (χ1) is 9.77. The zero-order valence-electron chi connectivity index (χ0n) is 11.1. The summed E-state index contributed by atoms with van der Waals surface area (Å²) in [7, 11) is 0. The van der Waals surface area contributed by atoms with Crippen molar-refractivity contribution in [1.82, 2.24) is 0 Å². The van der Waals surface area contributed by atoms with Crippen molar-refractivity contribution in [2.24, 2.45) is 11.8 Å². The molecule has 0 heterocycles. The van der Waals surface area contributed by atoms with Crippen LogP contribution in [0.25, 0.3) is 0 Å². The summed E-state index contributed by atoms with van der Waals surface area (Å²) in [5.41, 5.74) is 0.115. The highest BCUT2D eigenvalue weighted by atomic mass is 19.4. The molecule has 1 amide bonds. The van der Waals surface area contributed by atoms with Crippen LogP contribution in [-0.2, 0) is 4.79 Å². The Morgan fingerprint density at radius 2 is 2.00 bits per heavy atom. The van der Waals surface area contributed by atoms with E-state index in [9.17, 15) is 22.4 Å². The predicted molar refractivity (Wildman–Crippen MR) is 68.2 cm³/mol. The zero-order chi connectivity index (χ0) is 15.6. The molecule has 0 spiro atoms. The molecule has 2 rings (SSSR count). The smallest absolute Gasteiger partial charge is 0.391 e. The van der Waals surface area contributed by atoms with E-state index in [-0.39, 0.29) is 18.5 Å². The first-order valence-corrected chi connectivity index (χ1v) is 6.63. The largest absolute Gasteiger partial charge is 0.505 e. The first kappa shape index (κ1) is 15.6. The SMILES string of the molecule is O=C(Nc1ccc(O)c(F)c1)C1CCCC(C(F)(F)F)C1. The normalized spacial score (nSPS) is 22.9. The zero-order valence-corrected chi connectivity index (χ0v) is 11.1. The maximum absolute atomic E-state index is 13.1. The minimum atomic E-state index is -4.29. The molecule has 1 aliphatic carbocycles. The number of benzene rings is 1. The number of amides is 1. The number of phenolic OH excluding ortho intramolecular Hbond substituents is 1. The molecule has 0 radical (unpaired) electrons. The third-order valence-electron chi connectivity index (χ3n) is 3.72. The van der Waals surface area contributed by atoms with Gasteiger partial charge in [0.15, 0.2) is 11.6 Å². The van der Waals surface area contributed by atoms with Gasteiger partial charge in [0.1, 0.15) is 0 Å². The topological polar surface area (TPSA) is 49.3 Å². The van der Waals surface area contributed by atoms with Gasteiger partial charge in [-0.1, -0.05) is 6.42 Å². The van der Waals surface area contributed by atoms with E-state index in [0.717, 1.165) is 12.1 Å². The molecular formula is C14H15F4NO2. The Kier molecular flexibility index (Phi) is 4.39. The lowest BCUT2D eigenvalue weighted by Gasteiger charge is -2.29. The number of carbonyl (C=O) groups excluding carboxylic acids is 1. The monoisotopic (exact) mass is 305 g/mol. The van der Waals surface area contributed by atoms with Crippen LogP contribution >= 0.6 is 0 Å². The summed E-state index contributed by atoms with van der Waals surface area (Å²) < 4.78 is 51.2. The lowest BCUT2D eigenvalue weighted by Crippen LogP contribution is -2.34. The van der Waals surface area contributed by atoms with Gasteiger partial charge in [0.25, 0.3) is 0 Å². The van der Waals surface area contributed by atoms with E-state index in [1.54, 1.807) is 0 Å². The number of alkyl halides is 3. The van der Waals surface area contributed by atoms with E-state index < -0.39 is 35.5 Å². The molecule has 1 aliphatic rings.